The number of amides is 3. The largest absolute Gasteiger partial charge is 0.383 e. The maximum atomic E-state index is 13.4. The van der Waals surface area contributed by atoms with Gasteiger partial charge in [0.15, 0.2) is 0 Å². The zero-order valence-electron chi connectivity index (χ0n) is 24.8. The number of halogens is 2. The first-order valence-corrected chi connectivity index (χ1v) is 16.7. The van der Waals surface area contributed by atoms with Gasteiger partial charge in [0.2, 0.25) is 5.91 Å². The first-order valence-electron chi connectivity index (χ1n) is 15.1. The molecule has 5 N–H and O–H groups in total. The van der Waals surface area contributed by atoms with E-state index in [0.717, 1.165) is 26.6 Å². The van der Waals surface area contributed by atoms with E-state index < -0.39 is 6.04 Å². The van der Waals surface area contributed by atoms with Crippen molar-refractivity contribution in [3.8, 4) is 5.69 Å². The summed E-state index contributed by atoms with van der Waals surface area (Å²) in [5.74, 6) is -0.103. The molecule has 0 radical (unpaired) electrons. The van der Waals surface area contributed by atoms with Gasteiger partial charge in [-0.2, -0.15) is 5.10 Å². The van der Waals surface area contributed by atoms with Crippen molar-refractivity contribution in [3.05, 3.63) is 105 Å². The molecule has 0 spiro atoms. The topological polar surface area (TPSA) is 131 Å². The third-order valence-electron chi connectivity index (χ3n) is 8.06. The first-order chi connectivity index (χ1) is 21.8. The van der Waals surface area contributed by atoms with Gasteiger partial charge in [0.1, 0.15) is 17.4 Å². The number of benzene rings is 3. The summed E-state index contributed by atoms with van der Waals surface area (Å²) in [7, 11) is 0. The molecule has 1 heterocycles. The second-order valence-corrected chi connectivity index (χ2v) is 13.2. The van der Waals surface area contributed by atoms with Crippen LogP contribution >= 0.6 is 31.9 Å². The number of nitrogen functional groups attached to an aromatic ring is 1. The third-order valence-corrected chi connectivity index (χ3v) is 8.98. The average Bonchev–Trinajstić information content (AvgIpc) is 3.43. The van der Waals surface area contributed by atoms with Crippen molar-refractivity contribution in [2.45, 2.75) is 57.5 Å². The Bertz CT molecular complexity index is 1620. The van der Waals surface area contributed by atoms with Gasteiger partial charge in [-0.25, -0.2) is 4.68 Å². The number of hydrogen-bond acceptors (Lipinski definition) is 5. The van der Waals surface area contributed by atoms with E-state index in [1.807, 2.05) is 48.5 Å². The predicted molar refractivity (Wildman–Crippen MR) is 183 cm³/mol. The molecule has 0 bridgehead atoms. The molecule has 1 aliphatic rings. The highest BCUT2D eigenvalue weighted by Crippen LogP contribution is 2.28. The molecule has 4 aromatic rings. The van der Waals surface area contributed by atoms with Crippen LogP contribution in [-0.4, -0.2) is 33.5 Å². The number of para-hydroxylation sites is 1. The van der Waals surface area contributed by atoms with Crippen molar-refractivity contribution in [2.24, 2.45) is 5.92 Å². The van der Waals surface area contributed by atoms with Crippen molar-refractivity contribution in [3.63, 3.8) is 0 Å². The normalized spacial score (nSPS) is 14.0. The lowest BCUT2D eigenvalue weighted by Gasteiger charge is -2.24. The molecule has 11 heteroatoms. The van der Waals surface area contributed by atoms with E-state index in [1.54, 1.807) is 24.3 Å². The zero-order valence-corrected chi connectivity index (χ0v) is 27.9. The molecule has 1 fully saturated rings. The predicted octanol–water partition coefficient (Wildman–Crippen LogP) is 7.01. The number of hydrogen-bond donors (Lipinski definition) is 4. The molecule has 1 atom stereocenters. The van der Waals surface area contributed by atoms with Gasteiger partial charge in [0.25, 0.3) is 11.8 Å². The van der Waals surface area contributed by atoms with E-state index in [9.17, 15) is 14.4 Å². The van der Waals surface area contributed by atoms with Gasteiger partial charge in [0.05, 0.1) is 11.9 Å². The van der Waals surface area contributed by atoms with Gasteiger partial charge in [0, 0.05) is 26.7 Å². The fourth-order valence-electron chi connectivity index (χ4n) is 5.60. The third kappa shape index (κ3) is 8.82. The summed E-state index contributed by atoms with van der Waals surface area (Å²) < 4.78 is 3.18. The van der Waals surface area contributed by atoms with E-state index in [-0.39, 0.29) is 35.6 Å². The van der Waals surface area contributed by atoms with Gasteiger partial charge in [-0.3, -0.25) is 14.4 Å². The van der Waals surface area contributed by atoms with Crippen LogP contribution in [0.2, 0.25) is 0 Å². The highest BCUT2D eigenvalue weighted by molar-refractivity contribution is 9.11. The SMILES string of the molecule is Nc1c(C(=O)NCc2ccc(C(=O)N[C@@H](CCC3CCCCC3)C(=O)Nc3cc(Br)cc(Br)c3)cc2)cnn1-c1ccccc1. The molecule has 3 aromatic carbocycles. The molecular formula is C34H36Br2N6O3. The lowest BCUT2D eigenvalue weighted by molar-refractivity contribution is -0.118. The molecule has 5 rings (SSSR count). The average molecular weight is 737 g/mol. The number of nitrogens with zero attached hydrogens (tertiary/aromatic N) is 2. The molecule has 0 saturated heterocycles. The second kappa shape index (κ2) is 15.4. The van der Waals surface area contributed by atoms with E-state index in [2.05, 4.69) is 52.9 Å². The van der Waals surface area contributed by atoms with Crippen molar-refractivity contribution in [1.29, 1.82) is 0 Å². The summed E-state index contributed by atoms with van der Waals surface area (Å²) >= 11 is 6.92. The molecular weight excluding hydrogens is 700 g/mol. The number of anilines is 2. The van der Waals surface area contributed by atoms with Crippen LogP contribution in [0.25, 0.3) is 5.69 Å². The Kier molecular flexibility index (Phi) is 11.1. The summed E-state index contributed by atoms with van der Waals surface area (Å²) in [5.41, 5.74) is 9.12. The van der Waals surface area contributed by atoms with E-state index >= 15 is 0 Å². The number of nitrogens with two attached hydrogens (primary N) is 1. The fourth-order valence-corrected chi connectivity index (χ4v) is 6.90. The van der Waals surface area contributed by atoms with Crippen LogP contribution in [-0.2, 0) is 11.3 Å². The Labute approximate surface area is 279 Å². The molecule has 45 heavy (non-hydrogen) atoms. The molecule has 1 saturated carbocycles. The Morgan fingerprint density at radius 1 is 0.911 bits per heavy atom. The minimum Gasteiger partial charge on any atom is -0.383 e. The molecule has 234 valence electrons. The summed E-state index contributed by atoms with van der Waals surface area (Å²) in [5, 5.41) is 13.0. The standard InChI is InChI=1S/C34H36Br2N6O3/c35-25-17-26(36)19-27(18-25)40-34(45)30(16-13-22-7-3-1-4-8-22)41-32(43)24-14-11-23(12-15-24)20-38-33(44)29-21-39-42(31(29)37)28-9-5-2-6-10-28/h2,5-6,9-12,14-15,17-19,21-22,30H,1,3-4,7-8,13,16,20,37H2,(H,38,44)(H,40,45)(H,41,43)/t30-/m0/s1. The molecule has 1 aromatic heterocycles. The van der Waals surface area contributed by atoms with Crippen molar-refractivity contribution in [2.75, 3.05) is 11.1 Å². The van der Waals surface area contributed by atoms with Crippen LogP contribution in [0.4, 0.5) is 11.5 Å². The highest BCUT2D eigenvalue weighted by atomic mass is 79.9. The Morgan fingerprint density at radius 2 is 1.60 bits per heavy atom. The molecule has 3 amide bonds. The van der Waals surface area contributed by atoms with Crippen molar-refractivity contribution >= 4 is 61.1 Å². The van der Waals surface area contributed by atoms with Crippen LogP contribution < -0.4 is 21.7 Å². The second-order valence-electron chi connectivity index (χ2n) is 11.3. The van der Waals surface area contributed by atoms with Crippen LogP contribution in [0.15, 0.2) is 87.9 Å². The summed E-state index contributed by atoms with van der Waals surface area (Å²) in [6.07, 6.45) is 8.93. The smallest absolute Gasteiger partial charge is 0.256 e. The first kappa shape index (κ1) is 32.4. The Morgan fingerprint density at radius 3 is 2.29 bits per heavy atom. The van der Waals surface area contributed by atoms with Gasteiger partial charge >= 0.3 is 0 Å². The molecule has 9 nitrogen and oxygen atoms in total. The van der Waals surface area contributed by atoms with Gasteiger partial charge in [-0.05, 0) is 66.8 Å². The lowest BCUT2D eigenvalue weighted by atomic mass is 9.85. The summed E-state index contributed by atoms with van der Waals surface area (Å²) in [6, 6.07) is 21.2. The van der Waals surface area contributed by atoms with Crippen LogP contribution in [0.5, 0.6) is 0 Å². The van der Waals surface area contributed by atoms with Gasteiger partial charge < -0.3 is 21.7 Å². The number of aromatic nitrogens is 2. The van der Waals surface area contributed by atoms with E-state index in [0.29, 0.717) is 23.6 Å². The van der Waals surface area contributed by atoms with E-state index in [1.165, 1.54) is 43.0 Å². The molecule has 0 unspecified atom stereocenters. The van der Waals surface area contributed by atoms with Gasteiger partial charge in [-0.1, -0.05) is 94.3 Å². The molecule has 1 aliphatic carbocycles. The number of rotatable bonds is 11. The maximum absolute atomic E-state index is 13.4. The summed E-state index contributed by atoms with van der Waals surface area (Å²) in [4.78, 5) is 39.5. The van der Waals surface area contributed by atoms with Gasteiger partial charge in [-0.15, -0.1) is 0 Å². The van der Waals surface area contributed by atoms with E-state index in [4.69, 9.17) is 5.73 Å². The fraction of sp³-hybridized carbons (Fsp3) is 0.294. The Balaban J connectivity index is 1.20. The van der Waals surface area contributed by atoms with Crippen LogP contribution in [0.1, 0.15) is 71.2 Å². The molecule has 0 aliphatic heterocycles. The minimum absolute atomic E-state index is 0.241. The van der Waals surface area contributed by atoms with Crippen molar-refractivity contribution < 1.29 is 14.4 Å². The zero-order chi connectivity index (χ0) is 31.8. The monoisotopic (exact) mass is 734 g/mol. The summed E-state index contributed by atoms with van der Waals surface area (Å²) in [6.45, 7) is 0.241. The minimum atomic E-state index is -0.682. The van der Waals surface area contributed by atoms with Crippen LogP contribution in [0.3, 0.4) is 0 Å². The maximum Gasteiger partial charge on any atom is 0.256 e. The quantitative estimate of drug-likeness (QED) is 0.132. The lowest BCUT2D eigenvalue weighted by Crippen LogP contribution is -2.44. The number of carbonyl (C=O) groups is 3. The van der Waals surface area contributed by atoms with Crippen LogP contribution in [0, 0.1) is 5.92 Å². The Hall–Kier alpha value is -3.96. The van der Waals surface area contributed by atoms with Crippen molar-refractivity contribution in [1.82, 2.24) is 20.4 Å². The highest BCUT2D eigenvalue weighted by Gasteiger charge is 2.24. The number of nitrogens with one attached hydrogen (secondary N) is 3. The number of carbonyl (C=O) groups excluding carboxylic acids is 3.